The summed E-state index contributed by atoms with van der Waals surface area (Å²) in [7, 11) is 0. The minimum Gasteiger partial charge on any atom is -0.370 e. The van der Waals surface area contributed by atoms with Crippen LogP contribution in [0.15, 0.2) is 0 Å². The molecule has 0 bridgehead atoms. The van der Waals surface area contributed by atoms with Crippen molar-refractivity contribution in [2.45, 2.75) is 32.6 Å². The van der Waals surface area contributed by atoms with Gasteiger partial charge in [-0.15, -0.1) is 0 Å². The van der Waals surface area contributed by atoms with Crippen molar-refractivity contribution in [2.24, 2.45) is 11.1 Å². The van der Waals surface area contributed by atoms with Crippen LogP contribution in [0.25, 0.3) is 0 Å². The van der Waals surface area contributed by atoms with Crippen LogP contribution < -0.4 is 16.4 Å². The molecule has 1 unspecified atom stereocenters. The molecule has 1 atom stereocenters. The molecule has 0 saturated carbocycles. The highest BCUT2D eigenvalue weighted by Gasteiger charge is 2.37. The van der Waals surface area contributed by atoms with Gasteiger partial charge in [0.2, 0.25) is 11.8 Å². The summed E-state index contributed by atoms with van der Waals surface area (Å²) in [6, 6.07) is 0. The van der Waals surface area contributed by atoms with Crippen LogP contribution in [0.4, 0.5) is 0 Å². The Kier molecular flexibility index (Phi) is 4.73. The molecule has 0 radical (unpaired) electrons. The zero-order valence-electron chi connectivity index (χ0n) is 9.84. The second kappa shape index (κ2) is 5.84. The van der Waals surface area contributed by atoms with E-state index in [9.17, 15) is 9.59 Å². The monoisotopic (exact) mass is 227 g/mol. The molecule has 1 rings (SSSR count). The lowest BCUT2D eigenvalue weighted by Crippen LogP contribution is -2.50. The number of carbonyl (C=O) groups is 2. The van der Waals surface area contributed by atoms with Crippen molar-refractivity contribution in [3.8, 4) is 0 Å². The van der Waals surface area contributed by atoms with Gasteiger partial charge in [-0.3, -0.25) is 9.59 Å². The summed E-state index contributed by atoms with van der Waals surface area (Å²) < 4.78 is 0. The van der Waals surface area contributed by atoms with E-state index < -0.39 is 0 Å². The van der Waals surface area contributed by atoms with Crippen molar-refractivity contribution in [1.82, 2.24) is 10.6 Å². The van der Waals surface area contributed by atoms with Gasteiger partial charge in [0, 0.05) is 19.5 Å². The van der Waals surface area contributed by atoms with E-state index in [-0.39, 0.29) is 23.7 Å². The van der Waals surface area contributed by atoms with Crippen molar-refractivity contribution in [3.05, 3.63) is 0 Å². The van der Waals surface area contributed by atoms with Gasteiger partial charge in [0.25, 0.3) is 0 Å². The third-order valence-corrected chi connectivity index (χ3v) is 3.29. The largest absolute Gasteiger partial charge is 0.370 e. The molecule has 1 heterocycles. The smallest absolute Gasteiger partial charge is 0.227 e. The van der Waals surface area contributed by atoms with Crippen LogP contribution in [0.5, 0.6) is 0 Å². The first-order valence-corrected chi connectivity index (χ1v) is 5.88. The molecule has 0 aromatic rings. The summed E-state index contributed by atoms with van der Waals surface area (Å²) >= 11 is 0. The molecule has 2 amide bonds. The van der Waals surface area contributed by atoms with Crippen molar-refractivity contribution >= 4 is 11.8 Å². The predicted molar refractivity (Wildman–Crippen MR) is 61.6 cm³/mol. The van der Waals surface area contributed by atoms with Gasteiger partial charge in [0.15, 0.2) is 0 Å². The lowest BCUT2D eigenvalue weighted by Gasteiger charge is -2.35. The topological polar surface area (TPSA) is 84.2 Å². The molecule has 1 aliphatic heterocycles. The summed E-state index contributed by atoms with van der Waals surface area (Å²) in [5.74, 6) is -0.337. The van der Waals surface area contributed by atoms with Gasteiger partial charge in [0.05, 0.1) is 5.41 Å². The Bertz CT molecular complexity index is 260. The summed E-state index contributed by atoms with van der Waals surface area (Å²) in [5, 5.41) is 6.05. The van der Waals surface area contributed by atoms with Gasteiger partial charge in [0.1, 0.15) is 0 Å². The first-order valence-electron chi connectivity index (χ1n) is 5.88. The molecular formula is C11H21N3O2. The SMILES string of the molecule is CCC1(C(=O)NCCC(N)=O)CCCNC1. The fourth-order valence-corrected chi connectivity index (χ4v) is 2.11. The van der Waals surface area contributed by atoms with Crippen LogP contribution in [0, 0.1) is 5.41 Å². The van der Waals surface area contributed by atoms with E-state index in [0.29, 0.717) is 6.54 Å². The highest BCUT2D eigenvalue weighted by atomic mass is 16.2. The molecule has 0 aliphatic carbocycles. The Morgan fingerprint density at radius 1 is 1.50 bits per heavy atom. The second-order valence-corrected chi connectivity index (χ2v) is 4.39. The molecule has 0 aromatic heterocycles. The van der Waals surface area contributed by atoms with E-state index >= 15 is 0 Å². The molecule has 4 N–H and O–H groups in total. The third kappa shape index (κ3) is 3.20. The number of hydrogen-bond donors (Lipinski definition) is 3. The normalized spacial score (nSPS) is 25.1. The maximum atomic E-state index is 12.0. The minimum absolute atomic E-state index is 0.0449. The van der Waals surface area contributed by atoms with Gasteiger partial charge < -0.3 is 16.4 Å². The number of nitrogens with two attached hydrogens (primary N) is 1. The van der Waals surface area contributed by atoms with E-state index in [1.54, 1.807) is 0 Å². The molecule has 1 aliphatic rings. The Morgan fingerprint density at radius 3 is 2.75 bits per heavy atom. The van der Waals surface area contributed by atoms with Gasteiger partial charge >= 0.3 is 0 Å². The number of rotatable bonds is 5. The minimum atomic E-state index is -0.382. The zero-order chi connectivity index (χ0) is 12.0. The Labute approximate surface area is 96.1 Å². The van der Waals surface area contributed by atoms with Crippen LogP contribution in [0.3, 0.4) is 0 Å². The van der Waals surface area contributed by atoms with Crippen LogP contribution >= 0.6 is 0 Å². The van der Waals surface area contributed by atoms with Crippen molar-refractivity contribution in [3.63, 3.8) is 0 Å². The van der Waals surface area contributed by atoms with Gasteiger partial charge in [-0.1, -0.05) is 6.92 Å². The number of hydrogen-bond acceptors (Lipinski definition) is 3. The van der Waals surface area contributed by atoms with Crippen LogP contribution in [0.1, 0.15) is 32.6 Å². The predicted octanol–water partition coefficient (Wildman–Crippen LogP) is -0.242. The standard InChI is InChI=1S/C11H21N3O2/c1-2-11(5-3-6-13-8-11)10(16)14-7-4-9(12)15/h13H,2-8H2,1H3,(H2,12,15)(H,14,16). The molecule has 0 aromatic carbocycles. The number of carbonyl (C=O) groups excluding carboxylic acids is 2. The molecular weight excluding hydrogens is 206 g/mol. The van der Waals surface area contributed by atoms with Gasteiger partial charge in [-0.2, -0.15) is 0 Å². The summed E-state index contributed by atoms with van der Waals surface area (Å²) in [4.78, 5) is 22.6. The van der Waals surface area contributed by atoms with E-state index in [2.05, 4.69) is 10.6 Å². The van der Waals surface area contributed by atoms with Crippen molar-refractivity contribution in [1.29, 1.82) is 0 Å². The fourth-order valence-electron chi connectivity index (χ4n) is 2.11. The average Bonchev–Trinajstić information content (AvgIpc) is 2.29. The summed E-state index contributed by atoms with van der Waals surface area (Å²) in [5.41, 5.74) is 4.72. The number of piperidine rings is 1. The lowest BCUT2D eigenvalue weighted by atomic mass is 9.77. The molecule has 16 heavy (non-hydrogen) atoms. The highest BCUT2D eigenvalue weighted by Crippen LogP contribution is 2.30. The lowest BCUT2D eigenvalue weighted by molar-refractivity contribution is -0.132. The first kappa shape index (κ1) is 13.0. The molecule has 0 spiro atoms. The van der Waals surface area contributed by atoms with Crippen LogP contribution in [0.2, 0.25) is 0 Å². The Balaban J connectivity index is 2.45. The maximum Gasteiger partial charge on any atom is 0.227 e. The summed E-state index contributed by atoms with van der Waals surface area (Å²) in [6.07, 6.45) is 2.97. The van der Waals surface area contributed by atoms with Crippen molar-refractivity contribution in [2.75, 3.05) is 19.6 Å². The first-order chi connectivity index (χ1) is 7.60. The highest BCUT2D eigenvalue weighted by molar-refractivity contribution is 5.83. The summed E-state index contributed by atoms with van der Waals surface area (Å²) in [6.45, 7) is 4.08. The number of primary amides is 1. The van der Waals surface area contributed by atoms with Crippen LogP contribution in [-0.4, -0.2) is 31.4 Å². The quantitative estimate of drug-likeness (QED) is 0.606. The molecule has 92 valence electrons. The third-order valence-electron chi connectivity index (χ3n) is 3.29. The van der Waals surface area contributed by atoms with E-state index in [1.165, 1.54) is 0 Å². The van der Waals surface area contributed by atoms with Gasteiger partial charge in [-0.05, 0) is 25.8 Å². The molecule has 1 saturated heterocycles. The Hall–Kier alpha value is -1.10. The van der Waals surface area contributed by atoms with Gasteiger partial charge in [-0.25, -0.2) is 0 Å². The van der Waals surface area contributed by atoms with E-state index in [1.807, 2.05) is 6.92 Å². The average molecular weight is 227 g/mol. The molecule has 1 fully saturated rings. The number of amides is 2. The van der Waals surface area contributed by atoms with Crippen LogP contribution in [-0.2, 0) is 9.59 Å². The second-order valence-electron chi connectivity index (χ2n) is 4.39. The maximum absolute atomic E-state index is 12.0. The molecule has 5 nitrogen and oxygen atoms in total. The zero-order valence-corrected chi connectivity index (χ0v) is 9.84. The Morgan fingerprint density at radius 2 is 2.25 bits per heavy atom. The van der Waals surface area contributed by atoms with E-state index in [0.717, 1.165) is 32.4 Å². The van der Waals surface area contributed by atoms with Crippen molar-refractivity contribution < 1.29 is 9.59 Å². The number of nitrogens with one attached hydrogen (secondary N) is 2. The fraction of sp³-hybridized carbons (Fsp3) is 0.818. The molecule has 5 heteroatoms. The van der Waals surface area contributed by atoms with E-state index in [4.69, 9.17) is 5.73 Å².